The second-order valence-electron chi connectivity index (χ2n) is 5.26. The van der Waals surface area contributed by atoms with Crippen LogP contribution in [-0.4, -0.2) is 11.1 Å². The fraction of sp³-hybridized carbons (Fsp3) is 0.333. The number of ether oxygens (including phenoxy) is 1. The van der Waals surface area contributed by atoms with Crippen molar-refractivity contribution in [3.63, 3.8) is 0 Å². The third kappa shape index (κ3) is 4.88. The molecule has 0 aromatic heterocycles. The van der Waals surface area contributed by atoms with E-state index in [1.807, 2.05) is 61.5 Å². The Morgan fingerprint density at radius 1 is 1.05 bits per heavy atom. The molecule has 0 saturated carbocycles. The Balaban J connectivity index is 1.89. The van der Waals surface area contributed by atoms with Gasteiger partial charge in [-0.05, 0) is 36.1 Å². The van der Waals surface area contributed by atoms with Gasteiger partial charge in [0.2, 0.25) is 0 Å². The van der Waals surface area contributed by atoms with Crippen molar-refractivity contribution >= 4 is 0 Å². The van der Waals surface area contributed by atoms with Gasteiger partial charge in [-0.1, -0.05) is 49.4 Å². The van der Waals surface area contributed by atoms with E-state index in [1.54, 1.807) is 0 Å². The van der Waals surface area contributed by atoms with E-state index in [4.69, 9.17) is 10.5 Å². The van der Waals surface area contributed by atoms with Crippen LogP contribution in [0.3, 0.4) is 0 Å². The Morgan fingerprint density at radius 2 is 1.71 bits per heavy atom. The summed E-state index contributed by atoms with van der Waals surface area (Å²) in [4.78, 5) is 0. The maximum Gasteiger partial charge on any atom is 0.119 e. The summed E-state index contributed by atoms with van der Waals surface area (Å²) >= 11 is 0. The van der Waals surface area contributed by atoms with Crippen molar-refractivity contribution < 1.29 is 9.84 Å². The van der Waals surface area contributed by atoms with Crippen molar-refractivity contribution in [2.45, 2.75) is 38.5 Å². The van der Waals surface area contributed by atoms with Gasteiger partial charge in [-0.2, -0.15) is 0 Å². The molecule has 2 unspecified atom stereocenters. The number of hydrogen-bond acceptors (Lipinski definition) is 3. The Kier molecular flexibility index (Phi) is 5.78. The topological polar surface area (TPSA) is 55.5 Å². The molecule has 0 heterocycles. The summed E-state index contributed by atoms with van der Waals surface area (Å²) in [6.45, 7) is 2.57. The molecule has 0 aliphatic heterocycles. The first-order chi connectivity index (χ1) is 10.2. The summed E-state index contributed by atoms with van der Waals surface area (Å²) in [6, 6.07) is 17.6. The molecule has 21 heavy (non-hydrogen) atoms. The van der Waals surface area contributed by atoms with Crippen LogP contribution in [0, 0.1) is 0 Å². The molecule has 0 amide bonds. The van der Waals surface area contributed by atoms with Gasteiger partial charge in [-0.3, -0.25) is 0 Å². The molecule has 0 saturated heterocycles. The second kappa shape index (κ2) is 7.81. The van der Waals surface area contributed by atoms with E-state index < -0.39 is 6.10 Å². The number of aliphatic hydroxyl groups excluding tert-OH is 1. The van der Waals surface area contributed by atoms with Gasteiger partial charge in [0.25, 0.3) is 0 Å². The van der Waals surface area contributed by atoms with Crippen LogP contribution < -0.4 is 10.5 Å². The van der Waals surface area contributed by atoms with E-state index >= 15 is 0 Å². The van der Waals surface area contributed by atoms with Gasteiger partial charge >= 0.3 is 0 Å². The van der Waals surface area contributed by atoms with Gasteiger partial charge in [0.1, 0.15) is 12.4 Å². The van der Waals surface area contributed by atoms with Gasteiger partial charge in [0, 0.05) is 6.04 Å². The lowest BCUT2D eigenvalue weighted by Gasteiger charge is -2.15. The Morgan fingerprint density at radius 3 is 2.33 bits per heavy atom. The molecule has 3 nitrogen and oxygen atoms in total. The molecule has 3 N–H and O–H groups in total. The Bertz CT molecular complexity index is 525. The first-order valence-corrected chi connectivity index (χ1v) is 7.39. The van der Waals surface area contributed by atoms with Crippen LogP contribution in [0.4, 0.5) is 0 Å². The van der Waals surface area contributed by atoms with Crippen molar-refractivity contribution in [2.75, 3.05) is 0 Å². The molecule has 112 valence electrons. The van der Waals surface area contributed by atoms with Gasteiger partial charge in [0.15, 0.2) is 0 Å². The molecule has 0 radical (unpaired) electrons. The average molecular weight is 285 g/mol. The van der Waals surface area contributed by atoms with Gasteiger partial charge in [-0.25, -0.2) is 0 Å². The lowest BCUT2D eigenvalue weighted by Crippen LogP contribution is -2.21. The highest BCUT2D eigenvalue weighted by atomic mass is 16.5. The highest BCUT2D eigenvalue weighted by Crippen LogP contribution is 2.22. The van der Waals surface area contributed by atoms with E-state index in [-0.39, 0.29) is 6.04 Å². The van der Waals surface area contributed by atoms with Crippen LogP contribution in [0.25, 0.3) is 0 Å². The Labute approximate surface area is 126 Å². The zero-order valence-corrected chi connectivity index (χ0v) is 12.4. The van der Waals surface area contributed by atoms with Crippen LogP contribution in [0.1, 0.15) is 37.0 Å². The van der Waals surface area contributed by atoms with E-state index in [9.17, 15) is 5.11 Å². The fourth-order valence-corrected chi connectivity index (χ4v) is 2.12. The van der Waals surface area contributed by atoms with E-state index in [1.165, 1.54) is 0 Å². The lowest BCUT2D eigenvalue weighted by atomic mass is 10.0. The smallest absolute Gasteiger partial charge is 0.119 e. The van der Waals surface area contributed by atoms with Gasteiger partial charge < -0.3 is 15.6 Å². The summed E-state index contributed by atoms with van der Waals surface area (Å²) < 4.78 is 5.72. The quantitative estimate of drug-likeness (QED) is 0.819. The molecule has 0 aliphatic rings. The number of rotatable bonds is 7. The molecule has 3 heteroatoms. The summed E-state index contributed by atoms with van der Waals surface area (Å²) in [5.41, 5.74) is 7.88. The van der Waals surface area contributed by atoms with E-state index in [0.717, 1.165) is 23.3 Å². The maximum absolute atomic E-state index is 10.1. The minimum atomic E-state index is -0.511. The fourth-order valence-electron chi connectivity index (χ4n) is 2.12. The number of hydrogen-bond donors (Lipinski definition) is 2. The van der Waals surface area contributed by atoms with E-state index in [2.05, 4.69) is 0 Å². The van der Waals surface area contributed by atoms with Crippen LogP contribution >= 0.6 is 0 Å². The summed E-state index contributed by atoms with van der Waals surface area (Å²) in [6.07, 6.45) is 0.943. The van der Waals surface area contributed by atoms with Gasteiger partial charge in [0.05, 0.1) is 6.10 Å². The first-order valence-electron chi connectivity index (χ1n) is 7.39. The molecular formula is C18H23NO2. The highest BCUT2D eigenvalue weighted by Gasteiger charge is 2.11. The molecule has 2 atom stereocenters. The molecule has 2 rings (SSSR count). The zero-order valence-electron chi connectivity index (χ0n) is 12.4. The molecule has 0 aliphatic carbocycles. The first kappa shape index (κ1) is 15.5. The summed E-state index contributed by atoms with van der Waals surface area (Å²) in [5.74, 6) is 0.801. The SMILES string of the molecule is CCC(N)CC(O)c1ccc(OCc2ccccc2)cc1. The zero-order chi connectivity index (χ0) is 15.1. The highest BCUT2D eigenvalue weighted by molar-refractivity contribution is 5.29. The van der Waals surface area contributed by atoms with Crippen LogP contribution in [-0.2, 0) is 6.61 Å². The van der Waals surface area contributed by atoms with Crippen LogP contribution in [0.2, 0.25) is 0 Å². The minimum Gasteiger partial charge on any atom is -0.489 e. The van der Waals surface area contributed by atoms with Crippen molar-refractivity contribution in [3.8, 4) is 5.75 Å². The largest absolute Gasteiger partial charge is 0.489 e. The van der Waals surface area contributed by atoms with E-state index in [0.29, 0.717) is 13.0 Å². The second-order valence-corrected chi connectivity index (χ2v) is 5.26. The molecule has 0 bridgehead atoms. The van der Waals surface area contributed by atoms with Gasteiger partial charge in [-0.15, -0.1) is 0 Å². The lowest BCUT2D eigenvalue weighted by molar-refractivity contribution is 0.157. The third-order valence-electron chi connectivity index (χ3n) is 3.56. The number of nitrogens with two attached hydrogens (primary N) is 1. The average Bonchev–Trinajstić information content (AvgIpc) is 2.54. The summed E-state index contributed by atoms with van der Waals surface area (Å²) in [5, 5.41) is 10.1. The Hall–Kier alpha value is -1.84. The number of aliphatic hydroxyl groups is 1. The van der Waals surface area contributed by atoms with Crippen LogP contribution in [0.5, 0.6) is 5.75 Å². The third-order valence-corrected chi connectivity index (χ3v) is 3.56. The molecular weight excluding hydrogens is 262 g/mol. The van der Waals surface area contributed by atoms with Crippen LogP contribution in [0.15, 0.2) is 54.6 Å². The molecule has 2 aromatic rings. The van der Waals surface area contributed by atoms with Crippen molar-refractivity contribution in [3.05, 3.63) is 65.7 Å². The predicted octanol–water partition coefficient (Wildman–Crippen LogP) is 3.43. The minimum absolute atomic E-state index is 0.0361. The maximum atomic E-state index is 10.1. The molecule has 0 spiro atoms. The predicted molar refractivity (Wildman–Crippen MR) is 85.1 cm³/mol. The molecule has 0 fully saturated rings. The summed E-state index contributed by atoms with van der Waals surface area (Å²) in [7, 11) is 0. The standard InChI is InChI=1S/C18H23NO2/c1-2-16(19)12-18(20)15-8-10-17(11-9-15)21-13-14-6-4-3-5-7-14/h3-11,16,18,20H,2,12-13,19H2,1H3. The van der Waals surface area contributed by atoms with Crippen molar-refractivity contribution in [1.29, 1.82) is 0 Å². The monoisotopic (exact) mass is 285 g/mol. The van der Waals surface area contributed by atoms with Crippen molar-refractivity contribution in [1.82, 2.24) is 0 Å². The van der Waals surface area contributed by atoms with Crippen molar-refractivity contribution in [2.24, 2.45) is 5.73 Å². The number of benzene rings is 2. The molecule has 2 aromatic carbocycles. The normalized spacial score (nSPS) is 13.7.